The lowest BCUT2D eigenvalue weighted by molar-refractivity contribution is -0.111. The number of fused-ring (bicyclic) bond motifs is 1. The minimum atomic E-state index is -0.336. The molecular weight excluding hydrogens is 387 g/mol. The van der Waals surface area contributed by atoms with Gasteiger partial charge < -0.3 is 10.2 Å². The largest absolute Gasteiger partial charge is 0.334 e. The van der Waals surface area contributed by atoms with E-state index in [0.717, 1.165) is 15.6 Å². The zero-order valence-electron chi connectivity index (χ0n) is 13.4. The maximum Gasteiger partial charge on any atom is 0.254 e. The molecule has 0 aromatic heterocycles. The fourth-order valence-electron chi connectivity index (χ4n) is 2.89. The van der Waals surface area contributed by atoms with Crippen molar-refractivity contribution in [3.05, 3.63) is 76.0 Å². The topological polar surface area (TPSA) is 49.4 Å². The van der Waals surface area contributed by atoms with Crippen molar-refractivity contribution >= 4 is 33.4 Å². The Hall–Kier alpha value is -2.47. The van der Waals surface area contributed by atoms with Crippen molar-refractivity contribution in [1.82, 2.24) is 4.90 Å². The van der Waals surface area contributed by atoms with Gasteiger partial charge in [0.1, 0.15) is 5.82 Å². The molecule has 4 nitrogen and oxygen atoms in total. The number of benzene rings is 2. The van der Waals surface area contributed by atoms with Crippen LogP contribution in [0.4, 0.5) is 10.1 Å². The molecule has 128 valence electrons. The predicted molar refractivity (Wildman–Crippen MR) is 97.8 cm³/mol. The molecule has 3 rings (SSSR count). The van der Waals surface area contributed by atoms with Crippen LogP contribution in [0.25, 0.3) is 0 Å². The summed E-state index contributed by atoms with van der Waals surface area (Å²) in [5, 5.41) is 2.64. The monoisotopic (exact) mass is 402 g/mol. The summed E-state index contributed by atoms with van der Waals surface area (Å²) in [7, 11) is 0. The van der Waals surface area contributed by atoms with Crippen LogP contribution in [0.2, 0.25) is 0 Å². The Labute approximate surface area is 153 Å². The van der Waals surface area contributed by atoms with E-state index >= 15 is 0 Å². The molecule has 6 heteroatoms. The van der Waals surface area contributed by atoms with Gasteiger partial charge in [0, 0.05) is 28.8 Å². The first-order valence-corrected chi connectivity index (χ1v) is 8.57. The van der Waals surface area contributed by atoms with Gasteiger partial charge in [0.25, 0.3) is 5.91 Å². The lowest BCUT2D eigenvalue weighted by Crippen LogP contribution is -2.36. The number of halogens is 2. The molecule has 0 atom stereocenters. The number of hydrogen-bond donors (Lipinski definition) is 1. The van der Waals surface area contributed by atoms with Gasteiger partial charge in [-0.25, -0.2) is 4.39 Å². The van der Waals surface area contributed by atoms with Gasteiger partial charge in [-0.05, 0) is 54.0 Å². The Morgan fingerprint density at radius 2 is 2.08 bits per heavy atom. The van der Waals surface area contributed by atoms with Gasteiger partial charge in [-0.2, -0.15) is 0 Å². The molecule has 0 radical (unpaired) electrons. The van der Waals surface area contributed by atoms with Crippen molar-refractivity contribution in [2.75, 3.05) is 11.9 Å². The van der Waals surface area contributed by atoms with Crippen molar-refractivity contribution in [3.8, 4) is 0 Å². The average molecular weight is 403 g/mol. The zero-order chi connectivity index (χ0) is 18.0. The van der Waals surface area contributed by atoms with Gasteiger partial charge in [0.15, 0.2) is 0 Å². The molecule has 0 unspecified atom stereocenters. The van der Waals surface area contributed by atoms with E-state index in [1.54, 1.807) is 29.2 Å². The molecule has 0 fully saturated rings. The molecule has 0 saturated heterocycles. The number of carbonyl (C=O) groups excluding carboxylic acids is 2. The van der Waals surface area contributed by atoms with E-state index in [0.29, 0.717) is 30.8 Å². The molecule has 2 aromatic rings. The average Bonchev–Trinajstić information content (AvgIpc) is 2.60. The standard InChI is InChI=1S/C19H16BrFN2O2/c1-2-18(24)22-15-5-3-4-12(9-15)19(25)23-7-6-16-13(11-23)8-14(21)10-17(16)20/h2-5,8-10H,1,6-7,11H2,(H,22,24). The van der Waals surface area contributed by atoms with Crippen LogP contribution in [0.5, 0.6) is 0 Å². The van der Waals surface area contributed by atoms with Crippen molar-refractivity contribution < 1.29 is 14.0 Å². The van der Waals surface area contributed by atoms with E-state index in [9.17, 15) is 14.0 Å². The third kappa shape index (κ3) is 3.79. The van der Waals surface area contributed by atoms with Crippen molar-refractivity contribution in [1.29, 1.82) is 0 Å². The van der Waals surface area contributed by atoms with Crippen LogP contribution in [0, 0.1) is 5.82 Å². The lowest BCUT2D eigenvalue weighted by atomic mass is 9.99. The Balaban J connectivity index is 1.81. The number of carbonyl (C=O) groups is 2. The third-order valence-corrected chi connectivity index (χ3v) is 4.80. The number of rotatable bonds is 3. The van der Waals surface area contributed by atoms with Crippen LogP contribution in [0.1, 0.15) is 21.5 Å². The zero-order valence-corrected chi connectivity index (χ0v) is 15.0. The van der Waals surface area contributed by atoms with Crippen molar-refractivity contribution in [3.63, 3.8) is 0 Å². The van der Waals surface area contributed by atoms with Gasteiger partial charge in [0.05, 0.1) is 0 Å². The first-order valence-electron chi connectivity index (χ1n) is 7.77. The van der Waals surface area contributed by atoms with Crippen molar-refractivity contribution in [2.24, 2.45) is 0 Å². The fraction of sp³-hybridized carbons (Fsp3) is 0.158. The summed E-state index contributed by atoms with van der Waals surface area (Å²) in [6, 6.07) is 9.66. The minimum Gasteiger partial charge on any atom is -0.334 e. The highest BCUT2D eigenvalue weighted by Crippen LogP contribution is 2.28. The lowest BCUT2D eigenvalue weighted by Gasteiger charge is -2.29. The van der Waals surface area contributed by atoms with Gasteiger partial charge in [0.2, 0.25) is 5.91 Å². The SMILES string of the molecule is C=CC(=O)Nc1cccc(C(=O)N2CCc3c(Br)cc(F)cc3C2)c1. The van der Waals surface area contributed by atoms with E-state index < -0.39 is 0 Å². The number of amides is 2. The molecule has 25 heavy (non-hydrogen) atoms. The maximum absolute atomic E-state index is 13.6. The molecule has 1 heterocycles. The van der Waals surface area contributed by atoms with Gasteiger partial charge in [-0.15, -0.1) is 0 Å². The van der Waals surface area contributed by atoms with Crippen molar-refractivity contribution in [2.45, 2.75) is 13.0 Å². The molecule has 0 spiro atoms. The fourth-order valence-corrected chi connectivity index (χ4v) is 3.56. The predicted octanol–water partition coefficient (Wildman–Crippen LogP) is 3.91. The smallest absolute Gasteiger partial charge is 0.254 e. The van der Waals surface area contributed by atoms with E-state index in [4.69, 9.17) is 0 Å². The van der Waals surface area contributed by atoms with E-state index in [1.807, 2.05) is 0 Å². The molecule has 1 N–H and O–H groups in total. The van der Waals surface area contributed by atoms with Gasteiger partial charge in [-0.3, -0.25) is 9.59 Å². The molecule has 1 aliphatic rings. The molecule has 0 bridgehead atoms. The molecule has 2 amide bonds. The van der Waals surface area contributed by atoms with Crippen LogP contribution in [0.3, 0.4) is 0 Å². The summed E-state index contributed by atoms with van der Waals surface area (Å²) in [4.78, 5) is 25.9. The second-order valence-electron chi connectivity index (χ2n) is 5.78. The van der Waals surface area contributed by atoms with Crippen LogP contribution >= 0.6 is 15.9 Å². The summed E-state index contributed by atoms with van der Waals surface area (Å²) >= 11 is 3.38. The van der Waals surface area contributed by atoms with Crippen LogP contribution < -0.4 is 5.32 Å². The molecule has 1 aliphatic heterocycles. The summed E-state index contributed by atoms with van der Waals surface area (Å²) in [5.41, 5.74) is 2.85. The minimum absolute atomic E-state index is 0.152. The molecular formula is C19H16BrFN2O2. The Kier molecular flexibility index (Phi) is 4.99. The summed E-state index contributed by atoms with van der Waals surface area (Å²) < 4.78 is 14.4. The number of nitrogens with zero attached hydrogens (tertiary/aromatic N) is 1. The van der Waals surface area contributed by atoms with Gasteiger partial charge in [-0.1, -0.05) is 28.6 Å². The first kappa shape index (κ1) is 17.4. The first-order chi connectivity index (χ1) is 12.0. The Bertz CT molecular complexity index is 866. The summed E-state index contributed by atoms with van der Waals surface area (Å²) in [6.45, 7) is 4.31. The maximum atomic E-state index is 13.6. The quantitative estimate of drug-likeness (QED) is 0.791. The normalized spacial score (nSPS) is 13.1. The molecule has 2 aromatic carbocycles. The second-order valence-corrected chi connectivity index (χ2v) is 6.63. The highest BCUT2D eigenvalue weighted by atomic mass is 79.9. The number of hydrogen-bond acceptors (Lipinski definition) is 2. The Morgan fingerprint density at radius 3 is 2.84 bits per heavy atom. The summed E-state index contributed by atoms with van der Waals surface area (Å²) in [5.74, 6) is -0.813. The van der Waals surface area contributed by atoms with E-state index in [-0.39, 0.29) is 17.6 Å². The highest BCUT2D eigenvalue weighted by molar-refractivity contribution is 9.10. The van der Waals surface area contributed by atoms with E-state index in [1.165, 1.54) is 18.2 Å². The molecule has 0 saturated carbocycles. The molecule has 0 aliphatic carbocycles. The summed E-state index contributed by atoms with van der Waals surface area (Å²) in [6.07, 6.45) is 1.83. The second kappa shape index (κ2) is 7.19. The van der Waals surface area contributed by atoms with E-state index in [2.05, 4.69) is 27.8 Å². The third-order valence-electron chi connectivity index (χ3n) is 4.10. The number of nitrogens with one attached hydrogen (secondary N) is 1. The van der Waals surface area contributed by atoms with Crippen LogP contribution in [-0.4, -0.2) is 23.3 Å². The van der Waals surface area contributed by atoms with Crippen LogP contribution in [0.15, 0.2) is 53.5 Å². The van der Waals surface area contributed by atoms with Crippen LogP contribution in [-0.2, 0) is 17.8 Å². The Morgan fingerprint density at radius 1 is 1.28 bits per heavy atom. The highest BCUT2D eigenvalue weighted by Gasteiger charge is 2.24. The number of anilines is 1. The van der Waals surface area contributed by atoms with Gasteiger partial charge >= 0.3 is 0 Å².